The molecule has 108 valence electrons. The van der Waals surface area contributed by atoms with Gasteiger partial charge in [0.2, 0.25) is 0 Å². The van der Waals surface area contributed by atoms with Crippen LogP contribution < -0.4 is 16.2 Å². The molecule has 0 spiro atoms. The van der Waals surface area contributed by atoms with E-state index in [1.165, 1.54) is 0 Å². The van der Waals surface area contributed by atoms with Crippen molar-refractivity contribution >= 4 is 11.6 Å². The van der Waals surface area contributed by atoms with E-state index in [0.29, 0.717) is 37.1 Å². The van der Waals surface area contributed by atoms with Crippen LogP contribution in [0.1, 0.15) is 37.4 Å². The lowest BCUT2D eigenvalue weighted by atomic mass is 10.0. The summed E-state index contributed by atoms with van der Waals surface area (Å²) in [5.74, 6) is 0.640. The summed E-state index contributed by atoms with van der Waals surface area (Å²) in [4.78, 5) is 0. The van der Waals surface area contributed by atoms with Gasteiger partial charge in [0.25, 0.3) is 0 Å². The van der Waals surface area contributed by atoms with Crippen molar-refractivity contribution in [3.63, 3.8) is 0 Å². The summed E-state index contributed by atoms with van der Waals surface area (Å²) in [5, 5.41) is 0.560. The molecular formula is C14H23ClN2O2. The van der Waals surface area contributed by atoms with Gasteiger partial charge in [-0.25, -0.2) is 0 Å². The molecular weight excluding hydrogens is 264 g/mol. The van der Waals surface area contributed by atoms with E-state index >= 15 is 0 Å². The van der Waals surface area contributed by atoms with E-state index in [1.54, 1.807) is 0 Å². The molecule has 19 heavy (non-hydrogen) atoms. The Balaban J connectivity index is 3.06. The Labute approximate surface area is 120 Å². The Morgan fingerprint density at radius 3 is 2.63 bits per heavy atom. The molecule has 5 heteroatoms. The van der Waals surface area contributed by atoms with Gasteiger partial charge in [0.15, 0.2) is 0 Å². The monoisotopic (exact) mass is 286 g/mol. The fourth-order valence-electron chi connectivity index (χ4n) is 1.74. The molecule has 1 aromatic carbocycles. The Hall–Kier alpha value is -0.810. The normalized spacial score (nSPS) is 12.5. The molecule has 0 heterocycles. The predicted molar refractivity (Wildman–Crippen MR) is 78.6 cm³/mol. The molecule has 4 N–H and O–H groups in total. The van der Waals surface area contributed by atoms with Gasteiger partial charge in [-0.2, -0.15) is 0 Å². The standard InChI is InChI=1S/C14H23ClN2O2/c1-3-5-19-14-11(13(17)8-16)6-10(7-12(14)15)9-18-4-2/h6-7,13H,3-5,8-9,16-17H2,1-2H3. The van der Waals surface area contributed by atoms with Crippen molar-refractivity contribution in [3.05, 3.63) is 28.3 Å². The number of hydrogen-bond acceptors (Lipinski definition) is 4. The van der Waals surface area contributed by atoms with Crippen molar-refractivity contribution in [1.82, 2.24) is 0 Å². The van der Waals surface area contributed by atoms with E-state index in [-0.39, 0.29) is 6.04 Å². The van der Waals surface area contributed by atoms with Crippen molar-refractivity contribution in [2.75, 3.05) is 19.8 Å². The van der Waals surface area contributed by atoms with Gasteiger partial charge in [0.1, 0.15) is 5.75 Å². The molecule has 0 radical (unpaired) electrons. The smallest absolute Gasteiger partial charge is 0.142 e. The largest absolute Gasteiger partial charge is 0.492 e. The van der Waals surface area contributed by atoms with E-state index in [1.807, 2.05) is 26.0 Å². The lowest BCUT2D eigenvalue weighted by Gasteiger charge is -2.18. The van der Waals surface area contributed by atoms with Crippen LogP contribution in [0.5, 0.6) is 5.75 Å². The van der Waals surface area contributed by atoms with Crippen molar-refractivity contribution in [2.45, 2.75) is 32.9 Å². The van der Waals surface area contributed by atoms with Crippen molar-refractivity contribution in [2.24, 2.45) is 11.5 Å². The number of ether oxygens (including phenoxy) is 2. The minimum absolute atomic E-state index is 0.286. The Morgan fingerprint density at radius 1 is 1.32 bits per heavy atom. The van der Waals surface area contributed by atoms with Crippen molar-refractivity contribution in [3.8, 4) is 5.75 Å². The lowest BCUT2D eigenvalue weighted by molar-refractivity contribution is 0.134. The van der Waals surface area contributed by atoms with Crippen LogP contribution in [0.15, 0.2) is 12.1 Å². The zero-order chi connectivity index (χ0) is 14.3. The molecule has 4 nitrogen and oxygen atoms in total. The molecule has 0 amide bonds. The molecule has 0 saturated carbocycles. The Morgan fingerprint density at radius 2 is 2.05 bits per heavy atom. The summed E-state index contributed by atoms with van der Waals surface area (Å²) in [6.45, 7) is 6.11. The first-order valence-corrected chi connectivity index (χ1v) is 7.00. The van der Waals surface area contributed by atoms with Gasteiger partial charge in [-0.05, 0) is 31.0 Å². The van der Waals surface area contributed by atoms with Gasteiger partial charge >= 0.3 is 0 Å². The Bertz CT molecular complexity index is 399. The average Bonchev–Trinajstić information content (AvgIpc) is 2.42. The van der Waals surface area contributed by atoms with Gasteiger partial charge in [-0.1, -0.05) is 18.5 Å². The predicted octanol–water partition coefficient (Wildman–Crippen LogP) is 2.62. The van der Waals surface area contributed by atoms with Crippen molar-refractivity contribution < 1.29 is 9.47 Å². The summed E-state index contributed by atoms with van der Waals surface area (Å²) in [5.41, 5.74) is 13.5. The second-order valence-corrected chi connectivity index (χ2v) is 4.73. The third kappa shape index (κ3) is 4.66. The second kappa shape index (κ2) is 8.38. The van der Waals surface area contributed by atoms with Crippen LogP contribution in [0, 0.1) is 0 Å². The molecule has 1 atom stereocenters. The highest BCUT2D eigenvalue weighted by atomic mass is 35.5. The molecule has 1 unspecified atom stereocenters. The highest BCUT2D eigenvalue weighted by Crippen LogP contribution is 2.34. The van der Waals surface area contributed by atoms with Gasteiger partial charge < -0.3 is 20.9 Å². The summed E-state index contributed by atoms with van der Waals surface area (Å²) < 4.78 is 11.1. The average molecular weight is 287 g/mol. The van der Waals surface area contributed by atoms with Crippen LogP contribution in [0.2, 0.25) is 5.02 Å². The van der Waals surface area contributed by atoms with Gasteiger partial charge in [0.05, 0.1) is 18.2 Å². The molecule has 0 saturated heterocycles. The molecule has 0 bridgehead atoms. The maximum atomic E-state index is 6.27. The summed E-state index contributed by atoms with van der Waals surface area (Å²) in [6, 6.07) is 3.53. The first-order valence-electron chi connectivity index (χ1n) is 6.62. The number of benzene rings is 1. The first-order chi connectivity index (χ1) is 9.13. The third-order valence-electron chi connectivity index (χ3n) is 2.71. The van der Waals surface area contributed by atoms with Crippen LogP contribution in [-0.4, -0.2) is 19.8 Å². The third-order valence-corrected chi connectivity index (χ3v) is 2.99. The number of halogens is 1. The lowest BCUT2D eigenvalue weighted by Crippen LogP contribution is -2.22. The van der Waals surface area contributed by atoms with E-state index in [2.05, 4.69) is 0 Å². The maximum Gasteiger partial charge on any atom is 0.142 e. The molecule has 1 aromatic rings. The van der Waals surface area contributed by atoms with Gasteiger partial charge in [0, 0.05) is 24.8 Å². The minimum atomic E-state index is -0.286. The van der Waals surface area contributed by atoms with E-state index in [9.17, 15) is 0 Å². The second-order valence-electron chi connectivity index (χ2n) is 4.32. The van der Waals surface area contributed by atoms with Crippen LogP contribution in [-0.2, 0) is 11.3 Å². The molecule has 0 aliphatic heterocycles. The first kappa shape index (κ1) is 16.2. The fraction of sp³-hybridized carbons (Fsp3) is 0.571. The number of nitrogens with two attached hydrogens (primary N) is 2. The van der Waals surface area contributed by atoms with Crippen LogP contribution in [0.25, 0.3) is 0 Å². The highest BCUT2D eigenvalue weighted by molar-refractivity contribution is 6.32. The maximum absolute atomic E-state index is 6.27. The van der Waals surface area contributed by atoms with E-state index in [0.717, 1.165) is 17.5 Å². The zero-order valence-electron chi connectivity index (χ0n) is 11.6. The minimum Gasteiger partial charge on any atom is -0.492 e. The molecule has 0 aromatic heterocycles. The summed E-state index contributed by atoms with van der Waals surface area (Å²) in [6.07, 6.45) is 0.911. The van der Waals surface area contributed by atoms with E-state index < -0.39 is 0 Å². The van der Waals surface area contributed by atoms with Crippen molar-refractivity contribution in [1.29, 1.82) is 0 Å². The van der Waals surface area contributed by atoms with Gasteiger partial charge in [-0.3, -0.25) is 0 Å². The van der Waals surface area contributed by atoms with Crippen LogP contribution in [0.4, 0.5) is 0 Å². The SMILES string of the molecule is CCCOc1c(Cl)cc(COCC)cc1C(N)CN. The summed E-state index contributed by atoms with van der Waals surface area (Å²) in [7, 11) is 0. The fourth-order valence-corrected chi connectivity index (χ4v) is 2.04. The topological polar surface area (TPSA) is 70.5 Å². The molecule has 0 aliphatic rings. The number of hydrogen-bond donors (Lipinski definition) is 2. The van der Waals surface area contributed by atoms with Gasteiger partial charge in [-0.15, -0.1) is 0 Å². The molecule has 0 aliphatic carbocycles. The zero-order valence-corrected chi connectivity index (χ0v) is 12.4. The number of rotatable bonds is 8. The van der Waals surface area contributed by atoms with Crippen LogP contribution >= 0.6 is 11.6 Å². The van der Waals surface area contributed by atoms with E-state index in [4.69, 9.17) is 32.5 Å². The highest BCUT2D eigenvalue weighted by Gasteiger charge is 2.16. The quantitative estimate of drug-likeness (QED) is 0.771. The molecule has 1 rings (SSSR count). The van der Waals surface area contributed by atoms with Crippen LogP contribution in [0.3, 0.4) is 0 Å². The Kier molecular flexibility index (Phi) is 7.16. The summed E-state index contributed by atoms with van der Waals surface area (Å²) >= 11 is 6.27. The molecule has 0 fully saturated rings.